The quantitative estimate of drug-likeness (QED) is 0.620. The number of benzene rings is 2. The fourth-order valence-electron chi connectivity index (χ4n) is 3.10. The molecule has 0 fully saturated rings. The lowest BCUT2D eigenvalue weighted by Crippen LogP contribution is -2.28. The number of fused-ring (bicyclic) bond motifs is 3. The van der Waals surface area contributed by atoms with E-state index in [9.17, 15) is 8.42 Å². The Morgan fingerprint density at radius 2 is 1.96 bits per heavy atom. The Labute approximate surface area is 167 Å². The van der Waals surface area contributed by atoms with E-state index in [2.05, 4.69) is 21.8 Å². The van der Waals surface area contributed by atoms with E-state index < -0.39 is 10.0 Å². The second-order valence-electron chi connectivity index (χ2n) is 6.39. The second kappa shape index (κ2) is 7.31. The molecule has 5 nitrogen and oxygen atoms in total. The SMILES string of the molecule is CS(=O)(=O)NCCCN1c2ccc(Cl)cc2Sc2cc3ccccc3nc21. The van der Waals surface area contributed by atoms with Crippen LogP contribution in [0.25, 0.3) is 10.9 Å². The Morgan fingerprint density at radius 1 is 1.15 bits per heavy atom. The van der Waals surface area contributed by atoms with Crippen molar-refractivity contribution in [2.24, 2.45) is 0 Å². The highest BCUT2D eigenvalue weighted by molar-refractivity contribution is 7.99. The molecule has 0 spiro atoms. The Bertz CT molecular complexity index is 1120. The van der Waals surface area contributed by atoms with Crippen LogP contribution in [-0.2, 0) is 10.0 Å². The van der Waals surface area contributed by atoms with Gasteiger partial charge in [0, 0.05) is 28.4 Å². The first-order valence-corrected chi connectivity index (χ1v) is 11.6. The lowest BCUT2D eigenvalue weighted by Gasteiger charge is -2.32. The maximum atomic E-state index is 11.3. The predicted octanol–water partition coefficient (Wildman–Crippen LogP) is 4.43. The fourth-order valence-corrected chi connectivity index (χ4v) is 4.99. The molecule has 2 aromatic carbocycles. The molecule has 0 amide bonds. The van der Waals surface area contributed by atoms with Crippen LogP contribution in [0.1, 0.15) is 6.42 Å². The number of nitrogens with one attached hydrogen (secondary N) is 1. The molecule has 0 saturated carbocycles. The molecule has 3 aromatic rings. The smallest absolute Gasteiger partial charge is 0.208 e. The molecular formula is C19H18ClN3O2S2. The summed E-state index contributed by atoms with van der Waals surface area (Å²) in [6.07, 6.45) is 1.83. The van der Waals surface area contributed by atoms with Gasteiger partial charge in [0.1, 0.15) is 5.82 Å². The maximum absolute atomic E-state index is 11.3. The first-order valence-electron chi connectivity index (χ1n) is 8.50. The summed E-state index contributed by atoms with van der Waals surface area (Å²) in [4.78, 5) is 9.17. The number of hydrogen-bond donors (Lipinski definition) is 1. The highest BCUT2D eigenvalue weighted by Crippen LogP contribution is 2.48. The number of aromatic nitrogens is 1. The zero-order chi connectivity index (χ0) is 19.0. The number of nitrogens with zero attached hydrogens (tertiary/aromatic N) is 2. The summed E-state index contributed by atoms with van der Waals surface area (Å²) in [6, 6.07) is 16.0. The molecule has 1 aliphatic heterocycles. The van der Waals surface area contributed by atoms with Gasteiger partial charge in [0.25, 0.3) is 0 Å². The molecule has 0 unspecified atom stereocenters. The average molecular weight is 420 g/mol. The number of halogens is 1. The van der Waals surface area contributed by atoms with Gasteiger partial charge >= 0.3 is 0 Å². The summed E-state index contributed by atoms with van der Waals surface area (Å²) in [5.41, 5.74) is 1.98. The Morgan fingerprint density at radius 3 is 2.78 bits per heavy atom. The fraction of sp³-hybridized carbons (Fsp3) is 0.211. The van der Waals surface area contributed by atoms with Crippen LogP contribution >= 0.6 is 23.4 Å². The highest BCUT2D eigenvalue weighted by Gasteiger charge is 2.25. The zero-order valence-electron chi connectivity index (χ0n) is 14.6. The standard InChI is InChI=1S/C19H18ClN3O2S2/c1-27(24,25)21-9-4-10-23-16-8-7-14(20)12-17(16)26-18-11-13-5-2-3-6-15(13)22-19(18)23/h2-3,5-8,11-12,21H,4,9-10H2,1H3. The summed E-state index contributed by atoms with van der Waals surface area (Å²) in [6.45, 7) is 1.03. The van der Waals surface area contributed by atoms with Crippen LogP contribution in [0.3, 0.4) is 0 Å². The third-order valence-electron chi connectivity index (χ3n) is 4.28. The van der Waals surface area contributed by atoms with Crippen LogP contribution in [0.2, 0.25) is 5.02 Å². The minimum atomic E-state index is -3.19. The van der Waals surface area contributed by atoms with Gasteiger partial charge in [-0.05, 0) is 36.8 Å². The van der Waals surface area contributed by atoms with E-state index in [0.29, 0.717) is 24.5 Å². The van der Waals surface area contributed by atoms with Crippen molar-refractivity contribution in [3.8, 4) is 0 Å². The van der Waals surface area contributed by atoms with Crippen molar-refractivity contribution in [1.29, 1.82) is 0 Å². The van der Waals surface area contributed by atoms with Gasteiger partial charge in [-0.3, -0.25) is 0 Å². The van der Waals surface area contributed by atoms with Gasteiger partial charge in [0.15, 0.2) is 0 Å². The average Bonchev–Trinajstić information content (AvgIpc) is 2.61. The topological polar surface area (TPSA) is 62.3 Å². The van der Waals surface area contributed by atoms with Crippen LogP contribution in [-0.4, -0.2) is 32.7 Å². The molecule has 4 rings (SSSR count). The summed E-state index contributed by atoms with van der Waals surface area (Å²) in [5, 5.41) is 1.78. The van der Waals surface area contributed by atoms with Crippen LogP contribution in [0.5, 0.6) is 0 Å². The van der Waals surface area contributed by atoms with Crippen LogP contribution in [0.4, 0.5) is 11.5 Å². The van der Waals surface area contributed by atoms with Gasteiger partial charge in [-0.15, -0.1) is 0 Å². The summed E-state index contributed by atoms with van der Waals surface area (Å²) >= 11 is 7.86. The molecular weight excluding hydrogens is 402 g/mol. The van der Waals surface area contributed by atoms with Crippen molar-refractivity contribution in [2.45, 2.75) is 16.2 Å². The molecule has 140 valence electrons. The molecule has 0 saturated heterocycles. The number of sulfonamides is 1. The Balaban J connectivity index is 1.71. The van der Waals surface area contributed by atoms with E-state index in [-0.39, 0.29) is 0 Å². The molecule has 8 heteroatoms. The van der Waals surface area contributed by atoms with Crippen molar-refractivity contribution >= 4 is 55.8 Å². The van der Waals surface area contributed by atoms with E-state index >= 15 is 0 Å². The third-order valence-corrected chi connectivity index (χ3v) is 6.31. The minimum Gasteiger partial charge on any atom is -0.324 e. The second-order valence-corrected chi connectivity index (χ2v) is 9.74. The Kier molecular flexibility index (Phi) is 5.03. The highest BCUT2D eigenvalue weighted by atomic mass is 35.5. The van der Waals surface area contributed by atoms with Gasteiger partial charge in [0.2, 0.25) is 10.0 Å². The maximum Gasteiger partial charge on any atom is 0.208 e. The van der Waals surface area contributed by atoms with Crippen molar-refractivity contribution in [3.05, 3.63) is 53.6 Å². The summed E-state index contributed by atoms with van der Waals surface area (Å²) in [7, 11) is -3.19. The van der Waals surface area contributed by atoms with E-state index in [1.165, 1.54) is 6.26 Å². The predicted molar refractivity (Wildman–Crippen MR) is 112 cm³/mol. The number of hydrogen-bond acceptors (Lipinski definition) is 5. The molecule has 0 aliphatic carbocycles. The molecule has 1 N–H and O–H groups in total. The van der Waals surface area contributed by atoms with E-state index in [1.54, 1.807) is 11.8 Å². The Hall–Kier alpha value is -1.80. The molecule has 2 heterocycles. The van der Waals surface area contributed by atoms with Gasteiger partial charge in [0.05, 0.1) is 22.4 Å². The zero-order valence-corrected chi connectivity index (χ0v) is 17.0. The lowest BCUT2D eigenvalue weighted by atomic mass is 10.2. The first kappa shape index (κ1) is 18.6. The van der Waals surface area contributed by atoms with Crippen molar-refractivity contribution < 1.29 is 8.42 Å². The first-order chi connectivity index (χ1) is 12.9. The molecule has 1 aliphatic rings. The van der Waals surface area contributed by atoms with Crippen molar-refractivity contribution in [2.75, 3.05) is 24.2 Å². The molecule has 27 heavy (non-hydrogen) atoms. The van der Waals surface area contributed by atoms with E-state index in [1.807, 2.05) is 36.4 Å². The minimum absolute atomic E-state index is 0.383. The molecule has 0 atom stereocenters. The van der Waals surface area contributed by atoms with E-state index in [4.69, 9.17) is 16.6 Å². The summed E-state index contributed by atoms with van der Waals surface area (Å²) < 4.78 is 25.2. The summed E-state index contributed by atoms with van der Waals surface area (Å²) in [5.74, 6) is 0.896. The molecule has 1 aromatic heterocycles. The van der Waals surface area contributed by atoms with Gasteiger partial charge in [-0.25, -0.2) is 18.1 Å². The van der Waals surface area contributed by atoms with Crippen molar-refractivity contribution in [3.63, 3.8) is 0 Å². The van der Waals surface area contributed by atoms with E-state index in [0.717, 1.165) is 32.2 Å². The normalized spacial score (nSPS) is 13.5. The number of para-hydroxylation sites is 1. The van der Waals surface area contributed by atoms with Gasteiger partial charge in [-0.2, -0.15) is 0 Å². The number of anilines is 2. The third kappa shape index (κ3) is 4.06. The van der Waals surface area contributed by atoms with Gasteiger partial charge < -0.3 is 4.90 Å². The number of rotatable bonds is 5. The van der Waals surface area contributed by atoms with Gasteiger partial charge in [-0.1, -0.05) is 41.6 Å². The number of pyridine rings is 1. The molecule has 0 radical (unpaired) electrons. The van der Waals surface area contributed by atoms with Crippen LogP contribution < -0.4 is 9.62 Å². The van der Waals surface area contributed by atoms with Crippen molar-refractivity contribution in [1.82, 2.24) is 9.71 Å². The largest absolute Gasteiger partial charge is 0.324 e. The lowest BCUT2D eigenvalue weighted by molar-refractivity contribution is 0.585. The van der Waals surface area contributed by atoms with Crippen LogP contribution in [0.15, 0.2) is 58.3 Å². The van der Waals surface area contributed by atoms with Crippen LogP contribution in [0, 0.1) is 0 Å². The molecule has 0 bridgehead atoms. The monoisotopic (exact) mass is 419 g/mol.